The summed E-state index contributed by atoms with van der Waals surface area (Å²) in [4.78, 5) is 13.9. The van der Waals surface area contributed by atoms with Gasteiger partial charge in [0.2, 0.25) is 0 Å². The Bertz CT molecular complexity index is 1020. The van der Waals surface area contributed by atoms with Crippen LogP contribution in [0.3, 0.4) is 0 Å². The molecule has 3 heteroatoms. The van der Waals surface area contributed by atoms with Crippen LogP contribution in [0.1, 0.15) is 11.3 Å². The van der Waals surface area contributed by atoms with E-state index in [2.05, 4.69) is 40.3 Å². The first kappa shape index (κ1) is 10.9. The highest BCUT2D eigenvalue weighted by molar-refractivity contribution is 6.09. The quantitative estimate of drug-likeness (QED) is 0.402. The Balaban J connectivity index is 2.04. The molecule has 0 spiro atoms. The number of para-hydroxylation sites is 1. The SMILES string of the molecule is c1ccc2c(c1)Cc1nc3ccccc3c3ncnc-2c13. The van der Waals surface area contributed by atoms with E-state index < -0.39 is 0 Å². The van der Waals surface area contributed by atoms with Crippen molar-refractivity contribution < 1.29 is 0 Å². The summed E-state index contributed by atoms with van der Waals surface area (Å²) in [6.07, 6.45) is 2.51. The van der Waals surface area contributed by atoms with Crippen molar-refractivity contribution in [1.82, 2.24) is 15.0 Å². The van der Waals surface area contributed by atoms with Gasteiger partial charge in [0.1, 0.15) is 6.33 Å². The van der Waals surface area contributed by atoms with Gasteiger partial charge in [-0.3, -0.25) is 4.98 Å². The molecule has 2 aromatic heterocycles. The molecule has 0 N–H and O–H groups in total. The highest BCUT2D eigenvalue weighted by Crippen LogP contribution is 2.38. The molecule has 0 saturated carbocycles. The zero-order valence-corrected chi connectivity index (χ0v) is 11.2. The van der Waals surface area contributed by atoms with E-state index in [9.17, 15) is 0 Å². The van der Waals surface area contributed by atoms with Gasteiger partial charge in [-0.15, -0.1) is 0 Å². The van der Waals surface area contributed by atoms with Crippen LogP contribution < -0.4 is 0 Å². The molecule has 0 aliphatic heterocycles. The van der Waals surface area contributed by atoms with Crippen LogP contribution in [0.2, 0.25) is 0 Å². The summed E-state index contributed by atoms with van der Waals surface area (Å²) >= 11 is 0. The molecule has 1 aliphatic carbocycles. The molecule has 4 aromatic rings. The van der Waals surface area contributed by atoms with E-state index >= 15 is 0 Å². The van der Waals surface area contributed by atoms with Gasteiger partial charge in [-0.2, -0.15) is 0 Å². The van der Waals surface area contributed by atoms with E-state index in [1.165, 1.54) is 11.1 Å². The summed E-state index contributed by atoms with van der Waals surface area (Å²) < 4.78 is 0. The second-order valence-electron chi connectivity index (χ2n) is 5.36. The van der Waals surface area contributed by atoms with E-state index in [1.54, 1.807) is 6.33 Å². The number of hydrogen-bond acceptors (Lipinski definition) is 3. The lowest BCUT2D eigenvalue weighted by Gasteiger charge is -2.19. The summed E-state index contributed by atoms with van der Waals surface area (Å²) in [5.41, 5.74) is 6.59. The van der Waals surface area contributed by atoms with Gasteiger partial charge >= 0.3 is 0 Å². The third-order valence-electron chi connectivity index (χ3n) is 4.18. The lowest BCUT2D eigenvalue weighted by molar-refractivity contribution is 1.08. The predicted octanol–water partition coefficient (Wildman–Crippen LogP) is 3.75. The largest absolute Gasteiger partial charge is 0.252 e. The summed E-state index contributed by atoms with van der Waals surface area (Å²) in [5, 5.41) is 2.20. The second kappa shape index (κ2) is 3.85. The maximum absolute atomic E-state index is 4.85. The summed E-state index contributed by atoms with van der Waals surface area (Å²) in [6.45, 7) is 0. The molecule has 98 valence electrons. The van der Waals surface area contributed by atoms with E-state index in [1.807, 2.05) is 18.2 Å². The van der Waals surface area contributed by atoms with E-state index in [0.29, 0.717) is 0 Å². The molecule has 1 aliphatic rings. The molecule has 2 heterocycles. The highest BCUT2D eigenvalue weighted by Gasteiger charge is 2.22. The highest BCUT2D eigenvalue weighted by atomic mass is 14.9. The van der Waals surface area contributed by atoms with Gasteiger partial charge in [0, 0.05) is 22.8 Å². The molecule has 2 aromatic carbocycles. The van der Waals surface area contributed by atoms with Crippen molar-refractivity contribution in [3.8, 4) is 11.3 Å². The number of nitrogens with zero attached hydrogens (tertiary/aromatic N) is 3. The smallest absolute Gasteiger partial charge is 0.116 e. The Morgan fingerprint density at radius 2 is 1.71 bits per heavy atom. The first-order valence-corrected chi connectivity index (χ1v) is 7.02. The molecule has 5 rings (SSSR count). The number of hydrogen-bond donors (Lipinski definition) is 0. The van der Waals surface area contributed by atoms with Crippen molar-refractivity contribution in [2.45, 2.75) is 6.42 Å². The zero-order valence-electron chi connectivity index (χ0n) is 11.2. The number of aromatic nitrogens is 3. The van der Waals surface area contributed by atoms with Crippen LogP contribution in [-0.2, 0) is 6.42 Å². The molecule has 3 nitrogen and oxygen atoms in total. The van der Waals surface area contributed by atoms with Crippen molar-refractivity contribution in [2.24, 2.45) is 0 Å². The van der Waals surface area contributed by atoms with Crippen molar-refractivity contribution in [3.05, 3.63) is 66.1 Å². The fourth-order valence-corrected chi connectivity index (χ4v) is 3.25. The van der Waals surface area contributed by atoms with Crippen molar-refractivity contribution >= 4 is 21.8 Å². The van der Waals surface area contributed by atoms with Crippen LogP contribution in [0.15, 0.2) is 54.9 Å². The van der Waals surface area contributed by atoms with Crippen molar-refractivity contribution in [1.29, 1.82) is 0 Å². The van der Waals surface area contributed by atoms with Crippen LogP contribution >= 0.6 is 0 Å². The van der Waals surface area contributed by atoms with E-state index in [4.69, 9.17) is 4.98 Å². The first-order chi connectivity index (χ1) is 10.4. The zero-order chi connectivity index (χ0) is 13.8. The molecular weight excluding hydrogens is 258 g/mol. The Kier molecular flexibility index (Phi) is 2.00. The maximum atomic E-state index is 4.85. The van der Waals surface area contributed by atoms with Crippen molar-refractivity contribution in [2.75, 3.05) is 0 Å². The Hall–Kier alpha value is -2.81. The molecule has 0 unspecified atom stereocenters. The van der Waals surface area contributed by atoms with Crippen LogP contribution in [0, 0.1) is 0 Å². The van der Waals surface area contributed by atoms with Crippen molar-refractivity contribution in [3.63, 3.8) is 0 Å². The number of benzene rings is 2. The van der Waals surface area contributed by atoms with Crippen LogP contribution in [0.4, 0.5) is 0 Å². The van der Waals surface area contributed by atoms with Gasteiger partial charge in [-0.25, -0.2) is 9.97 Å². The molecule has 0 atom stereocenters. The topological polar surface area (TPSA) is 38.7 Å². The van der Waals surface area contributed by atoms with Crippen LogP contribution in [-0.4, -0.2) is 15.0 Å². The predicted molar refractivity (Wildman–Crippen MR) is 83.1 cm³/mol. The van der Waals surface area contributed by atoms with Gasteiger partial charge < -0.3 is 0 Å². The summed E-state index contributed by atoms with van der Waals surface area (Å²) in [6, 6.07) is 16.6. The third kappa shape index (κ3) is 1.40. The van der Waals surface area contributed by atoms with Gasteiger partial charge in [-0.1, -0.05) is 42.5 Å². The molecule has 0 saturated heterocycles. The monoisotopic (exact) mass is 269 g/mol. The lowest BCUT2D eigenvalue weighted by Crippen LogP contribution is -2.06. The minimum atomic E-state index is 0.845. The summed E-state index contributed by atoms with van der Waals surface area (Å²) in [7, 11) is 0. The average Bonchev–Trinajstić information content (AvgIpc) is 2.55. The van der Waals surface area contributed by atoms with E-state index in [-0.39, 0.29) is 0 Å². The fraction of sp³-hybridized carbons (Fsp3) is 0.0556. The molecule has 0 bridgehead atoms. The number of rotatable bonds is 0. The van der Waals surface area contributed by atoms with Crippen LogP contribution in [0.25, 0.3) is 33.1 Å². The standard InChI is InChI=1S/C18H11N3/c1-2-6-12-11(5-1)9-15-16-17(12)19-10-20-18(16)13-7-3-4-8-14(13)21-15/h1-8,10H,9H2. The van der Waals surface area contributed by atoms with Gasteiger partial charge in [0.15, 0.2) is 0 Å². The molecule has 0 amide bonds. The summed E-state index contributed by atoms with van der Waals surface area (Å²) in [5.74, 6) is 0. The molecule has 0 radical (unpaired) electrons. The Morgan fingerprint density at radius 1 is 0.857 bits per heavy atom. The number of fused-ring (bicyclic) bond motifs is 4. The van der Waals surface area contributed by atoms with E-state index in [0.717, 1.165) is 39.6 Å². The lowest BCUT2D eigenvalue weighted by atomic mass is 9.90. The molecule has 0 fully saturated rings. The van der Waals surface area contributed by atoms with Gasteiger partial charge in [0.25, 0.3) is 0 Å². The average molecular weight is 269 g/mol. The number of pyridine rings is 1. The molecule has 21 heavy (non-hydrogen) atoms. The Labute approximate surface area is 121 Å². The maximum Gasteiger partial charge on any atom is 0.116 e. The second-order valence-corrected chi connectivity index (χ2v) is 5.36. The van der Waals surface area contributed by atoms with Crippen LogP contribution in [0.5, 0.6) is 0 Å². The minimum absolute atomic E-state index is 0.845. The minimum Gasteiger partial charge on any atom is -0.252 e. The Morgan fingerprint density at radius 3 is 2.71 bits per heavy atom. The fourth-order valence-electron chi connectivity index (χ4n) is 3.25. The van der Waals surface area contributed by atoms with Gasteiger partial charge in [0.05, 0.1) is 22.4 Å². The normalized spacial score (nSPS) is 12.6. The van der Waals surface area contributed by atoms with Gasteiger partial charge in [-0.05, 0) is 11.6 Å². The first-order valence-electron chi connectivity index (χ1n) is 7.02. The molecular formula is C18H11N3. The third-order valence-corrected chi connectivity index (χ3v) is 4.18.